The molecule has 0 fully saturated rings. The lowest BCUT2D eigenvalue weighted by molar-refractivity contribution is -0.122. The van der Waals surface area contributed by atoms with E-state index in [-0.39, 0.29) is 22.2 Å². The molecule has 1 unspecified atom stereocenters. The molecule has 4 aromatic rings. The van der Waals surface area contributed by atoms with Crippen LogP contribution in [-0.4, -0.2) is 33.6 Å². The number of nitrogens with two attached hydrogens (primary N) is 2. The van der Waals surface area contributed by atoms with E-state index in [1.165, 1.54) is 4.90 Å². The van der Waals surface area contributed by atoms with Gasteiger partial charge in [0.05, 0.1) is 11.2 Å². The van der Waals surface area contributed by atoms with Crippen LogP contribution in [0.4, 0.5) is 11.4 Å². The van der Waals surface area contributed by atoms with E-state index < -0.39 is 17.9 Å². The Bertz CT molecular complexity index is 1440. The third-order valence-electron chi connectivity index (χ3n) is 5.88. The molecule has 9 nitrogen and oxygen atoms in total. The fraction of sp³-hybridized carbons (Fsp3) is 0.222. The monoisotopic (exact) mass is 516 g/mol. The van der Waals surface area contributed by atoms with Crippen LogP contribution in [0.15, 0.2) is 66.9 Å². The van der Waals surface area contributed by atoms with Crippen molar-refractivity contribution in [2.75, 3.05) is 17.2 Å². The van der Waals surface area contributed by atoms with Crippen LogP contribution in [0.2, 0.25) is 0 Å². The Balaban J connectivity index is 1.86. The van der Waals surface area contributed by atoms with Gasteiger partial charge in [-0.3, -0.25) is 24.3 Å². The van der Waals surface area contributed by atoms with Crippen molar-refractivity contribution >= 4 is 51.5 Å². The van der Waals surface area contributed by atoms with Gasteiger partial charge in [-0.05, 0) is 59.8 Å². The van der Waals surface area contributed by atoms with E-state index in [2.05, 4.69) is 28.5 Å². The summed E-state index contributed by atoms with van der Waals surface area (Å²) in [7, 11) is 0. The lowest BCUT2D eigenvalue weighted by Gasteiger charge is -2.31. The number of para-hydroxylation sites is 1. The number of carbonyl (C=O) groups is 3. The van der Waals surface area contributed by atoms with E-state index in [1.807, 2.05) is 30.3 Å². The van der Waals surface area contributed by atoms with Crippen molar-refractivity contribution in [3.8, 4) is 0 Å². The number of primary amides is 1. The van der Waals surface area contributed by atoms with E-state index in [0.29, 0.717) is 23.7 Å². The lowest BCUT2D eigenvalue weighted by atomic mass is 10.00. The van der Waals surface area contributed by atoms with E-state index in [9.17, 15) is 14.4 Å². The first-order valence-corrected chi connectivity index (χ1v) is 12.6. The first-order valence-electron chi connectivity index (χ1n) is 11.8. The number of nitrogens with zero attached hydrogens (tertiary/aromatic N) is 3. The molecule has 0 bridgehead atoms. The molecular weight excluding hydrogens is 488 g/mol. The smallest absolute Gasteiger partial charge is 0.273 e. The Labute approximate surface area is 218 Å². The summed E-state index contributed by atoms with van der Waals surface area (Å²) in [4.78, 5) is 45.3. The molecule has 0 aliphatic heterocycles. The van der Waals surface area contributed by atoms with Gasteiger partial charge in [0.1, 0.15) is 10.9 Å². The average molecular weight is 517 g/mol. The number of aromatic nitrogens is 2. The maximum absolute atomic E-state index is 14.0. The quantitative estimate of drug-likeness (QED) is 0.307. The highest BCUT2D eigenvalue weighted by Crippen LogP contribution is 2.34. The van der Waals surface area contributed by atoms with Gasteiger partial charge in [-0.2, -0.15) is 4.37 Å². The maximum atomic E-state index is 14.0. The summed E-state index contributed by atoms with van der Waals surface area (Å²) < 4.78 is 3.99. The fourth-order valence-electron chi connectivity index (χ4n) is 3.97. The number of benzene rings is 2. The van der Waals surface area contributed by atoms with Crippen LogP contribution in [0.1, 0.15) is 52.0 Å². The summed E-state index contributed by atoms with van der Waals surface area (Å²) in [5, 5.41) is 3.82. The second-order valence-corrected chi connectivity index (χ2v) is 9.75. The van der Waals surface area contributed by atoms with Gasteiger partial charge in [-0.15, -0.1) is 0 Å². The van der Waals surface area contributed by atoms with Crippen molar-refractivity contribution in [2.45, 2.75) is 26.3 Å². The fourth-order valence-corrected chi connectivity index (χ4v) is 4.72. The predicted octanol–water partition coefficient (Wildman–Crippen LogP) is 3.92. The minimum absolute atomic E-state index is 0.0279. The number of pyridine rings is 1. The van der Waals surface area contributed by atoms with Gasteiger partial charge in [-0.1, -0.05) is 44.2 Å². The Morgan fingerprint density at radius 3 is 2.49 bits per heavy atom. The van der Waals surface area contributed by atoms with E-state index in [4.69, 9.17) is 11.5 Å². The second kappa shape index (κ2) is 11.2. The SMILES string of the molecule is CC(C)CCNC(=O)C(c1ccc2ncccc2c1)N(C(=O)c1snc(C(N)=O)c1N)c1ccccc1. The summed E-state index contributed by atoms with van der Waals surface area (Å²) in [6.45, 7) is 4.60. The normalized spacial score (nSPS) is 11.9. The van der Waals surface area contributed by atoms with Gasteiger partial charge >= 0.3 is 0 Å². The second-order valence-electron chi connectivity index (χ2n) is 8.98. The highest BCUT2D eigenvalue weighted by atomic mass is 32.1. The summed E-state index contributed by atoms with van der Waals surface area (Å²) in [5.74, 6) is -1.35. The number of nitrogens with one attached hydrogen (secondary N) is 1. The molecule has 2 heterocycles. The molecule has 0 saturated carbocycles. The number of rotatable bonds is 9. The standard InChI is InChI=1S/C27H28N6O3S/c1-16(2)12-14-31-26(35)23(18-10-11-20-17(15-18)7-6-13-30-20)33(19-8-4-3-5-9-19)27(36)24-21(28)22(25(29)34)32-37-24/h3-11,13,15-16,23H,12,14,28H2,1-2H3,(H2,29,34)(H,31,35). The van der Waals surface area contributed by atoms with E-state index in [1.54, 1.807) is 36.5 Å². The highest BCUT2D eigenvalue weighted by molar-refractivity contribution is 7.09. The van der Waals surface area contributed by atoms with Crippen molar-refractivity contribution in [3.63, 3.8) is 0 Å². The maximum Gasteiger partial charge on any atom is 0.273 e. The largest absolute Gasteiger partial charge is 0.395 e. The number of carbonyl (C=O) groups excluding carboxylic acids is 3. The molecule has 190 valence electrons. The number of fused-ring (bicyclic) bond motifs is 1. The summed E-state index contributed by atoms with van der Waals surface area (Å²) in [5.41, 5.74) is 13.1. The summed E-state index contributed by atoms with van der Waals surface area (Å²) in [6, 6.07) is 17.0. The zero-order chi connectivity index (χ0) is 26.5. The van der Waals surface area contributed by atoms with Gasteiger partial charge in [0.2, 0.25) is 5.91 Å². The Kier molecular flexibility index (Phi) is 7.78. The third-order valence-corrected chi connectivity index (χ3v) is 6.73. The molecule has 0 aliphatic carbocycles. The van der Waals surface area contributed by atoms with Crippen molar-refractivity contribution in [3.05, 3.63) is 83.0 Å². The van der Waals surface area contributed by atoms with Crippen LogP contribution in [0.25, 0.3) is 10.9 Å². The van der Waals surface area contributed by atoms with Crippen LogP contribution in [0.5, 0.6) is 0 Å². The molecule has 37 heavy (non-hydrogen) atoms. The number of amides is 3. The topological polar surface area (TPSA) is 144 Å². The molecule has 2 aromatic heterocycles. The Morgan fingerprint density at radius 2 is 1.81 bits per heavy atom. The molecule has 0 spiro atoms. The van der Waals surface area contributed by atoms with Crippen LogP contribution >= 0.6 is 11.5 Å². The summed E-state index contributed by atoms with van der Waals surface area (Å²) in [6.07, 6.45) is 2.48. The third kappa shape index (κ3) is 5.59. The van der Waals surface area contributed by atoms with Crippen molar-refractivity contribution in [2.24, 2.45) is 11.7 Å². The minimum Gasteiger partial charge on any atom is -0.395 e. The van der Waals surface area contributed by atoms with Crippen LogP contribution in [0, 0.1) is 5.92 Å². The molecule has 0 aliphatic rings. The van der Waals surface area contributed by atoms with E-state index >= 15 is 0 Å². The molecule has 5 N–H and O–H groups in total. The zero-order valence-electron chi connectivity index (χ0n) is 20.5. The van der Waals surface area contributed by atoms with Gasteiger partial charge < -0.3 is 16.8 Å². The average Bonchev–Trinajstić information content (AvgIpc) is 3.28. The molecule has 3 amide bonds. The molecule has 0 radical (unpaired) electrons. The number of nitrogen functional groups attached to an aromatic ring is 1. The zero-order valence-corrected chi connectivity index (χ0v) is 21.4. The Hall–Kier alpha value is -4.31. The number of hydrogen-bond donors (Lipinski definition) is 3. The summed E-state index contributed by atoms with van der Waals surface area (Å²) >= 11 is 0.775. The van der Waals surface area contributed by atoms with Gasteiger partial charge in [0, 0.05) is 23.8 Å². The molecule has 1 atom stereocenters. The molecule has 10 heteroatoms. The van der Waals surface area contributed by atoms with Crippen molar-refractivity contribution in [1.29, 1.82) is 0 Å². The van der Waals surface area contributed by atoms with Gasteiger partial charge in [0.15, 0.2) is 5.69 Å². The van der Waals surface area contributed by atoms with Gasteiger partial charge in [-0.25, -0.2) is 0 Å². The minimum atomic E-state index is -1.04. The van der Waals surface area contributed by atoms with Crippen LogP contribution in [0.3, 0.4) is 0 Å². The molecule has 0 saturated heterocycles. The van der Waals surface area contributed by atoms with Crippen LogP contribution in [-0.2, 0) is 4.79 Å². The van der Waals surface area contributed by atoms with E-state index in [0.717, 1.165) is 28.9 Å². The lowest BCUT2D eigenvalue weighted by Crippen LogP contribution is -2.44. The Morgan fingerprint density at radius 1 is 1.05 bits per heavy atom. The first-order chi connectivity index (χ1) is 17.8. The highest BCUT2D eigenvalue weighted by Gasteiger charge is 2.36. The van der Waals surface area contributed by atoms with Crippen molar-refractivity contribution < 1.29 is 14.4 Å². The number of hydrogen-bond acceptors (Lipinski definition) is 7. The first kappa shape index (κ1) is 25.8. The van der Waals surface area contributed by atoms with Crippen LogP contribution < -0.4 is 21.7 Å². The molecular formula is C27H28N6O3S. The number of anilines is 2. The molecule has 4 rings (SSSR count). The van der Waals surface area contributed by atoms with Gasteiger partial charge in [0.25, 0.3) is 11.8 Å². The van der Waals surface area contributed by atoms with Crippen molar-refractivity contribution in [1.82, 2.24) is 14.7 Å². The predicted molar refractivity (Wildman–Crippen MR) is 145 cm³/mol. The molecule has 2 aromatic carbocycles.